The monoisotopic (exact) mass is 419 g/mol. The molecule has 0 aromatic heterocycles. The van der Waals surface area contributed by atoms with E-state index >= 15 is 0 Å². The van der Waals surface area contributed by atoms with Crippen LogP contribution < -0.4 is 0 Å². The highest BCUT2D eigenvalue weighted by molar-refractivity contribution is 8.07. The van der Waals surface area contributed by atoms with Gasteiger partial charge in [0.2, 0.25) is 0 Å². The van der Waals surface area contributed by atoms with Crippen molar-refractivity contribution < 1.29 is 5.11 Å². The lowest BCUT2D eigenvalue weighted by atomic mass is 9.45. The van der Waals surface area contributed by atoms with Gasteiger partial charge in [-0.15, -0.1) is 0 Å². The lowest BCUT2D eigenvalue weighted by Gasteiger charge is -2.60. The van der Waals surface area contributed by atoms with Gasteiger partial charge in [-0.2, -0.15) is 28.8 Å². The van der Waals surface area contributed by atoms with Crippen LogP contribution in [0.2, 0.25) is 0 Å². The molecule has 0 radical (unpaired) electrons. The van der Waals surface area contributed by atoms with Crippen LogP contribution in [0.15, 0.2) is 0 Å². The molecular formula is C24H37NOS2. The van der Waals surface area contributed by atoms with Crippen LogP contribution in [0.5, 0.6) is 0 Å². The molecule has 2 heterocycles. The molecule has 0 bridgehead atoms. The van der Waals surface area contributed by atoms with Gasteiger partial charge in [-0.1, -0.05) is 13.8 Å². The van der Waals surface area contributed by atoms with Gasteiger partial charge in [-0.25, -0.2) is 0 Å². The van der Waals surface area contributed by atoms with Gasteiger partial charge in [0.1, 0.15) is 0 Å². The highest BCUT2D eigenvalue weighted by Crippen LogP contribution is 2.70. The summed E-state index contributed by atoms with van der Waals surface area (Å²) >= 11 is 4.24. The molecule has 2 unspecified atom stereocenters. The van der Waals surface area contributed by atoms with E-state index in [0.29, 0.717) is 5.41 Å². The minimum Gasteiger partial charge on any atom is -0.393 e. The number of hydrogen-bond donors (Lipinski definition) is 1. The van der Waals surface area contributed by atoms with Crippen LogP contribution in [0.3, 0.4) is 0 Å². The zero-order valence-electron chi connectivity index (χ0n) is 17.6. The predicted octanol–water partition coefficient (Wildman–Crippen LogP) is 5.89. The number of aliphatic hydroxyl groups is 1. The van der Waals surface area contributed by atoms with Crippen LogP contribution in [0.4, 0.5) is 0 Å². The Hall–Kier alpha value is 0.150. The van der Waals surface area contributed by atoms with Gasteiger partial charge in [-0.3, -0.25) is 0 Å². The number of aliphatic hydroxyl groups excluding tert-OH is 1. The van der Waals surface area contributed by atoms with Gasteiger partial charge in [0.15, 0.2) is 0 Å². The molecule has 6 rings (SSSR count). The van der Waals surface area contributed by atoms with Crippen molar-refractivity contribution in [2.24, 2.45) is 34.5 Å². The average molecular weight is 420 g/mol. The van der Waals surface area contributed by atoms with Crippen LogP contribution in [0.1, 0.15) is 78.1 Å². The highest BCUT2D eigenvalue weighted by atomic mass is 32.2. The zero-order valence-corrected chi connectivity index (χ0v) is 19.2. The van der Waals surface area contributed by atoms with Crippen LogP contribution in [-0.4, -0.2) is 32.7 Å². The highest BCUT2D eigenvalue weighted by Gasteiger charge is 2.63. The minimum atomic E-state index is -0.0105. The van der Waals surface area contributed by atoms with E-state index in [-0.39, 0.29) is 11.5 Å². The topological polar surface area (TPSA) is 44.0 Å². The van der Waals surface area contributed by atoms with Gasteiger partial charge in [0.25, 0.3) is 0 Å². The fourth-order valence-electron chi connectivity index (χ4n) is 7.95. The first-order chi connectivity index (χ1) is 13.5. The SMILES string of the molecule is C[C@]12CC3S[C@@H]3C[C@@H]1CC[C@@H]1[C@@H]2CC[C@]2(C)[C@@H](O)CC[C@@H]12.N#CCCC1CS1. The van der Waals surface area contributed by atoms with Crippen molar-refractivity contribution in [3.8, 4) is 6.07 Å². The molecule has 2 nitrogen and oxygen atoms in total. The Morgan fingerprint density at radius 1 is 1.04 bits per heavy atom. The summed E-state index contributed by atoms with van der Waals surface area (Å²) in [6.45, 7) is 5.07. The Morgan fingerprint density at radius 2 is 1.82 bits per heavy atom. The summed E-state index contributed by atoms with van der Waals surface area (Å²) in [7, 11) is 0. The normalized spacial score (nSPS) is 55.4. The largest absolute Gasteiger partial charge is 0.393 e. The second kappa shape index (κ2) is 7.38. The Morgan fingerprint density at radius 3 is 2.57 bits per heavy atom. The van der Waals surface area contributed by atoms with Gasteiger partial charge < -0.3 is 5.11 Å². The van der Waals surface area contributed by atoms with E-state index in [1.54, 1.807) is 0 Å². The van der Waals surface area contributed by atoms with E-state index in [0.717, 1.165) is 58.7 Å². The summed E-state index contributed by atoms with van der Waals surface area (Å²) in [4.78, 5) is 0. The van der Waals surface area contributed by atoms with Crippen LogP contribution in [-0.2, 0) is 0 Å². The first-order valence-electron chi connectivity index (χ1n) is 11.8. The zero-order chi connectivity index (χ0) is 19.5. The number of hydrogen-bond acceptors (Lipinski definition) is 4. The molecule has 0 aromatic rings. The Bertz CT molecular complexity index is 645. The van der Waals surface area contributed by atoms with Crippen molar-refractivity contribution in [3.05, 3.63) is 0 Å². The second-order valence-electron chi connectivity index (χ2n) is 11.1. The first-order valence-corrected chi connectivity index (χ1v) is 13.8. The maximum absolute atomic E-state index is 10.5. The van der Waals surface area contributed by atoms with Crippen molar-refractivity contribution in [2.75, 3.05) is 5.75 Å². The lowest BCUT2D eigenvalue weighted by Crippen LogP contribution is -2.54. The minimum absolute atomic E-state index is 0.0105. The maximum atomic E-state index is 10.5. The van der Waals surface area contributed by atoms with E-state index in [1.165, 1.54) is 50.7 Å². The molecule has 4 aliphatic carbocycles. The molecule has 1 N–H and O–H groups in total. The van der Waals surface area contributed by atoms with Crippen molar-refractivity contribution in [1.29, 1.82) is 5.26 Å². The molecule has 2 aliphatic heterocycles. The van der Waals surface area contributed by atoms with Crippen LogP contribution in [0.25, 0.3) is 0 Å². The van der Waals surface area contributed by atoms with E-state index in [4.69, 9.17) is 5.26 Å². The molecule has 0 amide bonds. The summed E-state index contributed by atoms with van der Waals surface area (Å²) in [6, 6.07) is 2.13. The fraction of sp³-hybridized carbons (Fsp3) is 0.958. The molecule has 6 aliphatic rings. The van der Waals surface area contributed by atoms with Crippen molar-refractivity contribution in [2.45, 2.75) is 99.9 Å². The standard InChI is InChI=1S/C19H30OS.C5H7NS/c1-18-8-7-14-12(13(18)5-6-17(18)20)4-3-11-9-15-16(21-15)10-19(11,14)2;6-3-1-2-5-4-7-5/h11-17,20H,3-10H2,1-2H3;5H,1-2,4H2/t11-,12-,13-,14-,15+,16?,17-,18-,19-;/m0./s1. The maximum Gasteiger partial charge on any atom is 0.0622 e. The van der Waals surface area contributed by atoms with Gasteiger partial charge >= 0.3 is 0 Å². The molecule has 4 saturated carbocycles. The lowest BCUT2D eigenvalue weighted by molar-refractivity contribution is -0.116. The average Bonchev–Trinajstić information content (AvgIpc) is 3.59. The van der Waals surface area contributed by atoms with Gasteiger partial charge in [0.05, 0.1) is 12.2 Å². The molecular weight excluding hydrogens is 382 g/mol. The summed E-state index contributed by atoms with van der Waals surface area (Å²) < 4.78 is 0. The molecule has 0 aromatic carbocycles. The predicted molar refractivity (Wildman–Crippen MR) is 119 cm³/mol. The third-order valence-corrected chi connectivity index (χ3v) is 12.3. The Kier molecular flexibility index (Phi) is 5.29. The Labute approximate surface area is 180 Å². The number of nitrogens with zero attached hydrogens (tertiary/aromatic N) is 1. The van der Waals surface area contributed by atoms with Gasteiger partial charge in [0, 0.05) is 27.9 Å². The van der Waals surface area contributed by atoms with Crippen molar-refractivity contribution in [1.82, 2.24) is 0 Å². The van der Waals surface area contributed by atoms with E-state index < -0.39 is 0 Å². The summed E-state index contributed by atoms with van der Waals surface area (Å²) in [5.74, 6) is 5.05. The second-order valence-corrected chi connectivity index (χ2v) is 13.9. The molecule has 2 saturated heterocycles. The third-order valence-electron chi connectivity index (χ3n) is 9.84. The van der Waals surface area contributed by atoms with E-state index in [1.807, 2.05) is 11.8 Å². The summed E-state index contributed by atoms with van der Waals surface area (Å²) in [5, 5.41) is 21.5. The number of rotatable bonds is 2. The first kappa shape index (κ1) is 20.1. The van der Waals surface area contributed by atoms with Gasteiger partial charge in [-0.05, 0) is 92.3 Å². The van der Waals surface area contributed by atoms with E-state index in [2.05, 4.69) is 31.7 Å². The summed E-state index contributed by atoms with van der Waals surface area (Å²) in [6.07, 6.45) is 12.9. The molecule has 4 heteroatoms. The quantitative estimate of drug-likeness (QED) is 0.567. The van der Waals surface area contributed by atoms with Crippen molar-refractivity contribution in [3.63, 3.8) is 0 Å². The number of fused-ring (bicyclic) bond motifs is 6. The number of thioether (sulfide) groups is 2. The molecule has 156 valence electrons. The summed E-state index contributed by atoms with van der Waals surface area (Å²) in [5.41, 5.74) is 0.901. The number of nitriles is 1. The smallest absolute Gasteiger partial charge is 0.0622 e. The molecule has 10 atom stereocenters. The van der Waals surface area contributed by atoms with Crippen LogP contribution >= 0.6 is 23.5 Å². The molecule has 6 fully saturated rings. The van der Waals surface area contributed by atoms with Crippen LogP contribution in [0, 0.1) is 45.8 Å². The fourth-order valence-corrected chi connectivity index (χ4v) is 9.90. The van der Waals surface area contributed by atoms with Crippen molar-refractivity contribution >= 4 is 23.5 Å². The van der Waals surface area contributed by atoms with E-state index in [9.17, 15) is 5.11 Å². The molecule has 0 spiro atoms. The third kappa shape index (κ3) is 3.36. The molecule has 28 heavy (non-hydrogen) atoms. The Balaban J connectivity index is 0.000000208.